The Morgan fingerprint density at radius 2 is 2.05 bits per heavy atom. The zero-order chi connectivity index (χ0) is 15.1. The van der Waals surface area contributed by atoms with Gasteiger partial charge in [0.25, 0.3) is 0 Å². The van der Waals surface area contributed by atoms with E-state index in [0.29, 0.717) is 0 Å². The second-order valence-electron chi connectivity index (χ2n) is 6.49. The van der Waals surface area contributed by atoms with Crippen LogP contribution in [0.4, 0.5) is 4.79 Å². The van der Waals surface area contributed by atoms with E-state index in [1.165, 1.54) is 24.3 Å². The summed E-state index contributed by atoms with van der Waals surface area (Å²) in [6.45, 7) is 9.73. The fraction of sp³-hybridized carbons (Fsp3) is 0.933. The van der Waals surface area contributed by atoms with Crippen molar-refractivity contribution in [2.45, 2.75) is 64.5 Å². The molecule has 1 amide bonds. The van der Waals surface area contributed by atoms with E-state index in [9.17, 15) is 4.79 Å². The Kier molecular flexibility index (Phi) is 7.17. The fourth-order valence-electron chi connectivity index (χ4n) is 2.24. The number of thioether (sulfide) groups is 1. The molecule has 1 saturated carbocycles. The predicted octanol–water partition coefficient (Wildman–Crippen LogP) is 3.17. The molecule has 0 aromatic carbocycles. The van der Waals surface area contributed by atoms with Crippen LogP contribution in [0.1, 0.15) is 53.4 Å². The molecule has 0 radical (unpaired) electrons. The first-order valence-corrected chi connectivity index (χ1v) is 8.82. The third-order valence-electron chi connectivity index (χ3n) is 3.39. The Balaban J connectivity index is 2.24. The Bertz CT molecular complexity index is 299. The van der Waals surface area contributed by atoms with Crippen LogP contribution in [0.3, 0.4) is 0 Å². The zero-order valence-electron chi connectivity index (χ0n) is 13.4. The molecule has 0 atom stereocenters. The van der Waals surface area contributed by atoms with Crippen LogP contribution in [0.15, 0.2) is 0 Å². The molecule has 0 bridgehead atoms. The van der Waals surface area contributed by atoms with Gasteiger partial charge in [0.1, 0.15) is 5.60 Å². The van der Waals surface area contributed by atoms with Crippen molar-refractivity contribution in [3.05, 3.63) is 0 Å². The standard InChI is InChI=1S/C15H30N2O2S/c1-5-20-11-7-10-16-12-15(8-6-9-15)17-13(18)19-14(2,3)4/h16H,5-12H2,1-4H3,(H,17,18). The normalized spacial score (nSPS) is 17.4. The van der Waals surface area contributed by atoms with Crippen molar-refractivity contribution < 1.29 is 9.53 Å². The highest BCUT2D eigenvalue weighted by molar-refractivity contribution is 7.99. The zero-order valence-corrected chi connectivity index (χ0v) is 14.2. The summed E-state index contributed by atoms with van der Waals surface area (Å²) in [6.07, 6.45) is 4.16. The number of rotatable bonds is 8. The highest BCUT2D eigenvalue weighted by Gasteiger charge is 2.39. The maximum Gasteiger partial charge on any atom is 0.408 e. The van der Waals surface area contributed by atoms with E-state index in [-0.39, 0.29) is 11.6 Å². The van der Waals surface area contributed by atoms with Crippen LogP contribution < -0.4 is 10.6 Å². The van der Waals surface area contributed by atoms with Crippen molar-refractivity contribution in [1.29, 1.82) is 0 Å². The second kappa shape index (κ2) is 8.13. The Morgan fingerprint density at radius 1 is 1.35 bits per heavy atom. The maximum absolute atomic E-state index is 11.9. The van der Waals surface area contributed by atoms with Crippen LogP contribution in [0.25, 0.3) is 0 Å². The molecule has 4 nitrogen and oxygen atoms in total. The topological polar surface area (TPSA) is 50.4 Å². The first kappa shape index (κ1) is 17.6. The molecule has 2 N–H and O–H groups in total. The maximum atomic E-state index is 11.9. The van der Waals surface area contributed by atoms with E-state index in [4.69, 9.17) is 4.74 Å². The van der Waals surface area contributed by atoms with Gasteiger partial charge in [-0.1, -0.05) is 6.92 Å². The van der Waals surface area contributed by atoms with E-state index >= 15 is 0 Å². The van der Waals surface area contributed by atoms with E-state index < -0.39 is 5.60 Å². The number of hydrogen-bond donors (Lipinski definition) is 2. The highest BCUT2D eigenvalue weighted by atomic mass is 32.2. The van der Waals surface area contributed by atoms with Gasteiger partial charge in [0, 0.05) is 6.54 Å². The first-order chi connectivity index (χ1) is 9.37. The van der Waals surface area contributed by atoms with Gasteiger partial charge in [-0.3, -0.25) is 0 Å². The van der Waals surface area contributed by atoms with Gasteiger partial charge in [0.2, 0.25) is 0 Å². The molecule has 0 aromatic rings. The summed E-state index contributed by atoms with van der Waals surface area (Å²) in [6, 6.07) is 0. The molecule has 20 heavy (non-hydrogen) atoms. The third kappa shape index (κ3) is 6.84. The molecule has 5 heteroatoms. The number of ether oxygens (including phenoxy) is 1. The molecule has 0 spiro atoms. The monoisotopic (exact) mass is 302 g/mol. The highest BCUT2D eigenvalue weighted by Crippen LogP contribution is 2.31. The van der Waals surface area contributed by atoms with E-state index in [1.54, 1.807) is 0 Å². The lowest BCUT2D eigenvalue weighted by Gasteiger charge is -2.42. The second-order valence-corrected chi connectivity index (χ2v) is 7.88. The van der Waals surface area contributed by atoms with Gasteiger partial charge in [-0.2, -0.15) is 11.8 Å². The van der Waals surface area contributed by atoms with E-state index in [0.717, 1.165) is 25.9 Å². The van der Waals surface area contributed by atoms with E-state index in [2.05, 4.69) is 17.6 Å². The van der Waals surface area contributed by atoms with Crippen LogP contribution in [-0.2, 0) is 4.74 Å². The molecular weight excluding hydrogens is 272 g/mol. The molecule has 0 heterocycles. The lowest BCUT2D eigenvalue weighted by atomic mass is 9.76. The van der Waals surface area contributed by atoms with Crippen LogP contribution >= 0.6 is 11.8 Å². The van der Waals surface area contributed by atoms with Crippen molar-refractivity contribution in [2.24, 2.45) is 0 Å². The van der Waals surface area contributed by atoms with Crippen molar-refractivity contribution in [1.82, 2.24) is 10.6 Å². The summed E-state index contributed by atoms with van der Waals surface area (Å²) in [5, 5.41) is 6.53. The third-order valence-corrected chi connectivity index (χ3v) is 4.37. The number of nitrogens with one attached hydrogen (secondary N) is 2. The van der Waals surface area contributed by atoms with Gasteiger partial charge in [0.15, 0.2) is 0 Å². The van der Waals surface area contributed by atoms with Crippen LogP contribution in [0.2, 0.25) is 0 Å². The van der Waals surface area contributed by atoms with Crippen molar-refractivity contribution in [2.75, 3.05) is 24.6 Å². The van der Waals surface area contributed by atoms with Crippen molar-refractivity contribution >= 4 is 17.9 Å². The van der Waals surface area contributed by atoms with Crippen molar-refractivity contribution in [3.63, 3.8) is 0 Å². The molecule has 0 saturated heterocycles. The Morgan fingerprint density at radius 3 is 2.55 bits per heavy atom. The molecule has 1 rings (SSSR count). The number of amides is 1. The quantitative estimate of drug-likeness (QED) is 0.676. The minimum absolute atomic E-state index is 0.0831. The number of alkyl carbamates (subject to hydrolysis) is 1. The summed E-state index contributed by atoms with van der Waals surface area (Å²) in [7, 11) is 0. The minimum Gasteiger partial charge on any atom is -0.444 e. The SMILES string of the molecule is CCSCCCNCC1(NC(=O)OC(C)(C)C)CCC1. The first-order valence-electron chi connectivity index (χ1n) is 7.66. The number of carbonyl (C=O) groups excluding carboxylic acids is 1. The van der Waals surface area contributed by atoms with Gasteiger partial charge < -0.3 is 15.4 Å². The largest absolute Gasteiger partial charge is 0.444 e. The summed E-state index contributed by atoms with van der Waals surface area (Å²) in [4.78, 5) is 11.9. The molecule has 118 valence electrons. The van der Waals surface area contributed by atoms with Gasteiger partial charge in [-0.25, -0.2) is 4.79 Å². The van der Waals surface area contributed by atoms with Crippen LogP contribution in [0, 0.1) is 0 Å². The lowest BCUT2D eigenvalue weighted by molar-refractivity contribution is 0.0383. The number of hydrogen-bond acceptors (Lipinski definition) is 4. The van der Waals surface area contributed by atoms with Gasteiger partial charge >= 0.3 is 6.09 Å². The Hall–Kier alpha value is -0.420. The van der Waals surface area contributed by atoms with Gasteiger partial charge in [-0.05, 0) is 64.5 Å². The van der Waals surface area contributed by atoms with Gasteiger partial charge in [0.05, 0.1) is 5.54 Å². The molecule has 0 unspecified atom stereocenters. The average Bonchev–Trinajstić information content (AvgIpc) is 2.27. The Labute approximate surface area is 127 Å². The van der Waals surface area contributed by atoms with E-state index in [1.807, 2.05) is 32.5 Å². The average molecular weight is 302 g/mol. The molecule has 1 aliphatic rings. The minimum atomic E-state index is -0.431. The van der Waals surface area contributed by atoms with Gasteiger partial charge in [-0.15, -0.1) is 0 Å². The molecular formula is C15H30N2O2S. The predicted molar refractivity (Wildman–Crippen MR) is 86.4 cm³/mol. The lowest BCUT2D eigenvalue weighted by Crippen LogP contribution is -2.59. The summed E-state index contributed by atoms with van der Waals surface area (Å²) in [5.74, 6) is 2.39. The van der Waals surface area contributed by atoms with Crippen LogP contribution in [-0.4, -0.2) is 41.8 Å². The summed E-state index contributed by atoms with van der Waals surface area (Å²) >= 11 is 1.97. The fourth-order valence-corrected chi connectivity index (χ4v) is 2.88. The van der Waals surface area contributed by atoms with Crippen LogP contribution in [0.5, 0.6) is 0 Å². The smallest absolute Gasteiger partial charge is 0.408 e. The summed E-state index contributed by atoms with van der Waals surface area (Å²) in [5.41, 5.74) is -0.514. The molecule has 1 fully saturated rings. The van der Waals surface area contributed by atoms with Crippen molar-refractivity contribution in [3.8, 4) is 0 Å². The molecule has 1 aliphatic carbocycles. The molecule has 0 aromatic heterocycles. The number of carbonyl (C=O) groups is 1. The summed E-state index contributed by atoms with van der Waals surface area (Å²) < 4.78 is 5.35. The molecule has 0 aliphatic heterocycles.